The Morgan fingerprint density at radius 2 is 1.81 bits per heavy atom. The van der Waals surface area contributed by atoms with Gasteiger partial charge in [0.15, 0.2) is 0 Å². The third-order valence-electron chi connectivity index (χ3n) is 2.95. The van der Waals surface area contributed by atoms with Crippen molar-refractivity contribution in [1.82, 2.24) is 0 Å². The van der Waals surface area contributed by atoms with Crippen LogP contribution in [0.4, 0.5) is 18.9 Å². The molecule has 0 bridgehead atoms. The van der Waals surface area contributed by atoms with Crippen LogP contribution in [0.2, 0.25) is 0 Å². The Bertz CT molecular complexity index is 681. The molecular weight excluding hydrogens is 283 g/mol. The third kappa shape index (κ3) is 3.34. The van der Waals surface area contributed by atoms with Crippen LogP contribution in [0.5, 0.6) is 5.75 Å². The van der Waals surface area contributed by atoms with Gasteiger partial charge in [-0.15, -0.1) is 0 Å². The summed E-state index contributed by atoms with van der Waals surface area (Å²) < 4.78 is 38.5. The van der Waals surface area contributed by atoms with E-state index in [0.717, 1.165) is 6.07 Å². The minimum atomic E-state index is -4.56. The summed E-state index contributed by atoms with van der Waals surface area (Å²) in [6, 6.07) is 8.87. The van der Waals surface area contributed by atoms with E-state index in [1.54, 1.807) is 6.92 Å². The van der Waals surface area contributed by atoms with Gasteiger partial charge < -0.3 is 10.4 Å². The maximum absolute atomic E-state index is 12.8. The van der Waals surface area contributed by atoms with E-state index in [2.05, 4.69) is 5.32 Å². The molecule has 0 unspecified atom stereocenters. The molecular formula is C15H12F3NO2. The average Bonchev–Trinajstić information content (AvgIpc) is 2.41. The van der Waals surface area contributed by atoms with E-state index in [1.165, 1.54) is 36.4 Å². The number of phenolic OH excluding ortho intramolecular Hbond substituents is 1. The molecule has 0 heterocycles. The van der Waals surface area contributed by atoms with Crippen molar-refractivity contribution < 1.29 is 23.1 Å². The summed E-state index contributed by atoms with van der Waals surface area (Å²) >= 11 is 0. The van der Waals surface area contributed by atoms with Gasteiger partial charge in [-0.1, -0.05) is 18.2 Å². The Labute approximate surface area is 119 Å². The molecule has 110 valence electrons. The number of alkyl halides is 3. The van der Waals surface area contributed by atoms with Crippen molar-refractivity contribution in [1.29, 1.82) is 0 Å². The Morgan fingerprint density at radius 1 is 1.14 bits per heavy atom. The molecule has 2 N–H and O–H groups in total. The predicted octanol–water partition coefficient (Wildman–Crippen LogP) is 3.97. The minimum absolute atomic E-state index is 0.0788. The lowest BCUT2D eigenvalue weighted by Gasteiger charge is -2.13. The Kier molecular flexibility index (Phi) is 3.88. The number of anilines is 1. The van der Waals surface area contributed by atoms with Crippen molar-refractivity contribution in [2.75, 3.05) is 5.32 Å². The first-order valence-electron chi connectivity index (χ1n) is 6.06. The van der Waals surface area contributed by atoms with Crippen LogP contribution in [0.25, 0.3) is 0 Å². The van der Waals surface area contributed by atoms with Crippen molar-refractivity contribution in [2.24, 2.45) is 0 Å². The topological polar surface area (TPSA) is 49.3 Å². The van der Waals surface area contributed by atoms with Gasteiger partial charge in [0.05, 0.1) is 11.3 Å². The molecule has 0 fully saturated rings. The largest absolute Gasteiger partial charge is 0.508 e. The molecule has 0 radical (unpaired) electrons. The lowest BCUT2D eigenvalue weighted by molar-refractivity contribution is -0.136. The SMILES string of the molecule is Cc1ccc(C(=O)Nc2ccccc2C(F)(F)F)cc1O. The number of carbonyl (C=O) groups is 1. The van der Waals surface area contributed by atoms with Crippen molar-refractivity contribution >= 4 is 11.6 Å². The third-order valence-corrected chi connectivity index (χ3v) is 2.95. The lowest BCUT2D eigenvalue weighted by atomic mass is 10.1. The minimum Gasteiger partial charge on any atom is -0.508 e. The summed E-state index contributed by atoms with van der Waals surface area (Å²) in [4.78, 5) is 12.0. The molecule has 0 aliphatic heterocycles. The van der Waals surface area contributed by atoms with Gasteiger partial charge in [0.25, 0.3) is 5.91 Å². The average molecular weight is 295 g/mol. The van der Waals surface area contributed by atoms with Crippen molar-refractivity contribution in [3.63, 3.8) is 0 Å². The molecule has 1 amide bonds. The number of amides is 1. The van der Waals surface area contributed by atoms with Crippen LogP contribution < -0.4 is 5.32 Å². The first-order valence-corrected chi connectivity index (χ1v) is 6.06. The van der Waals surface area contributed by atoms with E-state index in [9.17, 15) is 23.1 Å². The summed E-state index contributed by atoms with van der Waals surface area (Å²) in [6.45, 7) is 1.65. The number of nitrogens with one attached hydrogen (secondary N) is 1. The number of aromatic hydroxyl groups is 1. The van der Waals surface area contributed by atoms with Gasteiger partial charge in [-0.25, -0.2) is 0 Å². The second kappa shape index (κ2) is 5.47. The number of para-hydroxylation sites is 1. The van der Waals surface area contributed by atoms with Crippen LogP contribution in [-0.4, -0.2) is 11.0 Å². The van der Waals surface area contributed by atoms with Crippen LogP contribution in [0.3, 0.4) is 0 Å². The fraction of sp³-hybridized carbons (Fsp3) is 0.133. The molecule has 0 spiro atoms. The number of halogens is 3. The predicted molar refractivity (Wildman–Crippen MR) is 72.2 cm³/mol. The van der Waals surface area contributed by atoms with Gasteiger partial charge in [0, 0.05) is 5.56 Å². The first kappa shape index (κ1) is 14.9. The van der Waals surface area contributed by atoms with E-state index in [0.29, 0.717) is 5.56 Å². The van der Waals surface area contributed by atoms with Gasteiger partial charge in [-0.2, -0.15) is 13.2 Å². The molecule has 0 atom stereocenters. The Hall–Kier alpha value is -2.50. The molecule has 0 saturated carbocycles. The van der Waals surface area contributed by atoms with Gasteiger partial charge in [-0.05, 0) is 36.8 Å². The van der Waals surface area contributed by atoms with E-state index < -0.39 is 17.6 Å². The van der Waals surface area contributed by atoms with Gasteiger partial charge in [0.1, 0.15) is 5.75 Å². The Morgan fingerprint density at radius 3 is 2.43 bits per heavy atom. The highest BCUT2D eigenvalue weighted by molar-refractivity contribution is 6.05. The summed E-state index contributed by atoms with van der Waals surface area (Å²) in [6.07, 6.45) is -4.56. The van der Waals surface area contributed by atoms with Crippen LogP contribution in [0.1, 0.15) is 21.5 Å². The van der Waals surface area contributed by atoms with Crippen molar-refractivity contribution in [3.05, 3.63) is 59.2 Å². The van der Waals surface area contributed by atoms with E-state index >= 15 is 0 Å². The normalized spacial score (nSPS) is 11.2. The molecule has 2 aromatic rings. The smallest absolute Gasteiger partial charge is 0.418 e. The van der Waals surface area contributed by atoms with E-state index in [4.69, 9.17) is 0 Å². The quantitative estimate of drug-likeness (QED) is 0.880. The summed E-state index contributed by atoms with van der Waals surface area (Å²) in [7, 11) is 0. The van der Waals surface area contributed by atoms with E-state index in [-0.39, 0.29) is 17.0 Å². The number of rotatable bonds is 2. The van der Waals surface area contributed by atoms with Crippen molar-refractivity contribution in [2.45, 2.75) is 13.1 Å². The first-order chi connectivity index (χ1) is 9.79. The zero-order valence-corrected chi connectivity index (χ0v) is 11.0. The summed E-state index contributed by atoms with van der Waals surface area (Å²) in [5.74, 6) is -0.811. The molecule has 6 heteroatoms. The van der Waals surface area contributed by atoms with Gasteiger partial charge in [-0.3, -0.25) is 4.79 Å². The van der Waals surface area contributed by atoms with Gasteiger partial charge in [0.2, 0.25) is 0 Å². The zero-order chi connectivity index (χ0) is 15.6. The molecule has 0 saturated heterocycles. The molecule has 2 rings (SSSR count). The van der Waals surface area contributed by atoms with Crippen LogP contribution in [-0.2, 0) is 6.18 Å². The van der Waals surface area contributed by atoms with Crippen molar-refractivity contribution in [3.8, 4) is 5.75 Å². The fourth-order valence-electron chi connectivity index (χ4n) is 1.78. The molecule has 0 aromatic heterocycles. The Balaban J connectivity index is 2.30. The molecule has 21 heavy (non-hydrogen) atoms. The van der Waals surface area contributed by atoms with Crippen LogP contribution in [0, 0.1) is 6.92 Å². The number of phenols is 1. The standard InChI is InChI=1S/C15H12F3NO2/c1-9-6-7-10(8-13(9)20)14(21)19-12-5-3-2-4-11(12)15(16,17)18/h2-8,20H,1H3,(H,19,21). The number of hydrogen-bond donors (Lipinski definition) is 2. The number of benzene rings is 2. The van der Waals surface area contributed by atoms with Gasteiger partial charge >= 0.3 is 6.18 Å². The highest BCUT2D eigenvalue weighted by Gasteiger charge is 2.33. The van der Waals surface area contributed by atoms with Crippen LogP contribution in [0.15, 0.2) is 42.5 Å². The highest BCUT2D eigenvalue weighted by Crippen LogP contribution is 2.34. The molecule has 0 aliphatic rings. The summed E-state index contributed by atoms with van der Waals surface area (Å²) in [5.41, 5.74) is -0.595. The maximum atomic E-state index is 12.8. The molecule has 3 nitrogen and oxygen atoms in total. The highest BCUT2D eigenvalue weighted by atomic mass is 19.4. The number of carbonyl (C=O) groups excluding carboxylic acids is 1. The number of hydrogen-bond acceptors (Lipinski definition) is 2. The second-order valence-corrected chi connectivity index (χ2v) is 4.50. The summed E-state index contributed by atoms with van der Waals surface area (Å²) in [5, 5.41) is 11.7. The monoisotopic (exact) mass is 295 g/mol. The lowest BCUT2D eigenvalue weighted by Crippen LogP contribution is -2.16. The molecule has 0 aliphatic carbocycles. The zero-order valence-electron chi connectivity index (χ0n) is 11.0. The van der Waals surface area contributed by atoms with Crippen LogP contribution >= 0.6 is 0 Å². The number of aryl methyl sites for hydroxylation is 1. The maximum Gasteiger partial charge on any atom is 0.418 e. The molecule has 2 aromatic carbocycles. The fourth-order valence-corrected chi connectivity index (χ4v) is 1.78. The van der Waals surface area contributed by atoms with E-state index in [1.807, 2.05) is 0 Å². The second-order valence-electron chi connectivity index (χ2n) is 4.50.